The van der Waals surface area contributed by atoms with Gasteiger partial charge in [-0.2, -0.15) is 5.10 Å². The number of carbonyl (C=O) groups excluding carboxylic acids is 2. The predicted octanol–water partition coefficient (Wildman–Crippen LogP) is 5.05. The SMILES string of the molecule is O=C(/C=C/c1cn(-c2ccccc2)nc1-c1cc2ccccc2o1)OCC(=O)c1ccc[nH]1. The van der Waals surface area contributed by atoms with Crippen LogP contribution in [0, 0.1) is 0 Å². The molecule has 1 N–H and O–H groups in total. The molecule has 33 heavy (non-hydrogen) atoms. The van der Waals surface area contributed by atoms with Crippen LogP contribution in [-0.2, 0) is 9.53 Å². The molecule has 0 fully saturated rings. The first-order chi connectivity index (χ1) is 16.2. The number of fused-ring (bicyclic) bond motifs is 1. The number of esters is 1. The number of para-hydroxylation sites is 2. The summed E-state index contributed by atoms with van der Waals surface area (Å²) in [6.07, 6.45) is 6.33. The molecule has 3 aromatic heterocycles. The number of aromatic amines is 1. The number of nitrogens with zero attached hydrogens (tertiary/aromatic N) is 2. The molecule has 0 aliphatic rings. The number of furan rings is 1. The molecule has 0 aliphatic carbocycles. The van der Waals surface area contributed by atoms with E-state index in [1.807, 2.05) is 66.9 Å². The van der Waals surface area contributed by atoms with E-state index in [4.69, 9.17) is 14.3 Å². The van der Waals surface area contributed by atoms with Crippen LogP contribution >= 0.6 is 0 Å². The molecular weight excluding hydrogens is 418 g/mol. The molecule has 7 nitrogen and oxygen atoms in total. The molecule has 0 saturated heterocycles. The summed E-state index contributed by atoms with van der Waals surface area (Å²) >= 11 is 0. The standard InChI is InChI=1S/C26H19N3O4/c30-22(21-10-6-14-27-21)17-32-25(31)13-12-19-16-29(20-8-2-1-3-9-20)28-26(19)24-15-18-7-4-5-11-23(18)33-24/h1-16,27H,17H2/b13-12+. The maximum Gasteiger partial charge on any atom is 0.331 e. The summed E-state index contributed by atoms with van der Waals surface area (Å²) < 4.78 is 12.8. The van der Waals surface area contributed by atoms with Crippen molar-refractivity contribution in [3.63, 3.8) is 0 Å². The van der Waals surface area contributed by atoms with Crippen molar-refractivity contribution in [1.29, 1.82) is 0 Å². The maximum atomic E-state index is 12.2. The second kappa shape index (κ2) is 8.84. The Balaban J connectivity index is 1.42. The Bertz CT molecular complexity index is 1410. The van der Waals surface area contributed by atoms with Gasteiger partial charge in [0, 0.05) is 29.4 Å². The third-order valence-corrected chi connectivity index (χ3v) is 5.07. The van der Waals surface area contributed by atoms with Gasteiger partial charge in [0.15, 0.2) is 12.4 Å². The zero-order chi connectivity index (χ0) is 22.6. The fraction of sp³-hybridized carbons (Fsp3) is 0.0385. The number of hydrogen-bond acceptors (Lipinski definition) is 5. The van der Waals surface area contributed by atoms with E-state index in [1.165, 1.54) is 6.08 Å². The van der Waals surface area contributed by atoms with Crippen molar-refractivity contribution < 1.29 is 18.7 Å². The highest BCUT2D eigenvalue weighted by Gasteiger charge is 2.16. The van der Waals surface area contributed by atoms with Crippen LogP contribution < -0.4 is 0 Å². The topological polar surface area (TPSA) is 90.1 Å². The van der Waals surface area contributed by atoms with E-state index in [0.717, 1.165) is 16.7 Å². The lowest BCUT2D eigenvalue weighted by atomic mass is 10.2. The Kier molecular flexibility index (Phi) is 5.43. The molecule has 0 bridgehead atoms. The van der Waals surface area contributed by atoms with E-state index >= 15 is 0 Å². The van der Waals surface area contributed by atoms with Crippen LogP contribution in [0.15, 0.2) is 95.7 Å². The van der Waals surface area contributed by atoms with Gasteiger partial charge < -0.3 is 14.1 Å². The second-order valence-corrected chi connectivity index (χ2v) is 7.31. The molecule has 5 rings (SSSR count). The molecule has 0 aliphatic heterocycles. The zero-order valence-electron chi connectivity index (χ0n) is 17.5. The quantitative estimate of drug-likeness (QED) is 0.219. The first kappa shape index (κ1) is 20.3. The maximum absolute atomic E-state index is 12.2. The third kappa shape index (κ3) is 4.38. The zero-order valence-corrected chi connectivity index (χ0v) is 17.5. The number of nitrogens with one attached hydrogen (secondary N) is 1. The first-order valence-electron chi connectivity index (χ1n) is 10.3. The van der Waals surface area contributed by atoms with Gasteiger partial charge in [0.25, 0.3) is 0 Å². The molecule has 0 spiro atoms. The van der Waals surface area contributed by atoms with E-state index in [0.29, 0.717) is 22.7 Å². The van der Waals surface area contributed by atoms with Gasteiger partial charge in [-0.25, -0.2) is 9.48 Å². The van der Waals surface area contributed by atoms with Gasteiger partial charge in [0.1, 0.15) is 11.3 Å². The number of aromatic nitrogens is 3. The monoisotopic (exact) mass is 437 g/mol. The van der Waals surface area contributed by atoms with E-state index < -0.39 is 5.97 Å². The summed E-state index contributed by atoms with van der Waals surface area (Å²) in [4.78, 5) is 27.0. The first-order valence-corrected chi connectivity index (χ1v) is 10.3. The fourth-order valence-corrected chi connectivity index (χ4v) is 3.44. The Morgan fingerprint density at radius 2 is 1.85 bits per heavy atom. The van der Waals surface area contributed by atoms with E-state index in [2.05, 4.69) is 4.98 Å². The number of hydrogen-bond donors (Lipinski definition) is 1. The van der Waals surface area contributed by atoms with Crippen LogP contribution in [0.2, 0.25) is 0 Å². The molecule has 0 amide bonds. The third-order valence-electron chi connectivity index (χ3n) is 5.07. The van der Waals surface area contributed by atoms with Crippen LogP contribution in [-0.4, -0.2) is 33.1 Å². The van der Waals surface area contributed by atoms with Gasteiger partial charge in [0.2, 0.25) is 5.78 Å². The second-order valence-electron chi connectivity index (χ2n) is 7.31. The average Bonchev–Trinajstić information content (AvgIpc) is 3.60. The van der Waals surface area contributed by atoms with Crippen molar-refractivity contribution in [3.05, 3.63) is 103 Å². The molecule has 2 aromatic carbocycles. The minimum Gasteiger partial charge on any atom is -0.454 e. The minimum absolute atomic E-state index is 0.304. The highest BCUT2D eigenvalue weighted by molar-refractivity contribution is 5.97. The molecule has 5 aromatic rings. The molecule has 3 heterocycles. The number of benzene rings is 2. The summed E-state index contributed by atoms with van der Waals surface area (Å²) in [5.41, 5.74) is 3.27. The highest BCUT2D eigenvalue weighted by atomic mass is 16.5. The Labute approximate surface area is 188 Å². The summed E-state index contributed by atoms with van der Waals surface area (Å²) in [5, 5.41) is 5.65. The van der Waals surface area contributed by atoms with Gasteiger partial charge in [0.05, 0.1) is 11.4 Å². The molecule has 0 unspecified atom stereocenters. The summed E-state index contributed by atoms with van der Waals surface area (Å²) in [5.74, 6) is -0.347. The number of carbonyl (C=O) groups is 2. The average molecular weight is 437 g/mol. The van der Waals surface area contributed by atoms with E-state index in [1.54, 1.807) is 29.1 Å². The van der Waals surface area contributed by atoms with Crippen molar-refractivity contribution in [2.24, 2.45) is 0 Å². The predicted molar refractivity (Wildman–Crippen MR) is 124 cm³/mol. The Morgan fingerprint density at radius 3 is 2.64 bits per heavy atom. The van der Waals surface area contributed by atoms with Gasteiger partial charge in [-0.1, -0.05) is 36.4 Å². The van der Waals surface area contributed by atoms with Crippen LogP contribution in [0.3, 0.4) is 0 Å². The van der Waals surface area contributed by atoms with E-state index in [9.17, 15) is 9.59 Å². The molecule has 0 saturated carbocycles. The van der Waals surface area contributed by atoms with Gasteiger partial charge in [-0.3, -0.25) is 4.79 Å². The van der Waals surface area contributed by atoms with Crippen LogP contribution in [0.5, 0.6) is 0 Å². The number of ether oxygens (including phenoxy) is 1. The Hall–Kier alpha value is -4.65. The lowest BCUT2D eigenvalue weighted by Crippen LogP contribution is -2.12. The van der Waals surface area contributed by atoms with Crippen molar-refractivity contribution in [3.8, 4) is 17.1 Å². The number of ketones is 1. The molecule has 162 valence electrons. The van der Waals surface area contributed by atoms with Crippen molar-refractivity contribution in [2.45, 2.75) is 0 Å². The van der Waals surface area contributed by atoms with Crippen molar-refractivity contribution in [2.75, 3.05) is 6.61 Å². The van der Waals surface area contributed by atoms with Crippen molar-refractivity contribution >= 4 is 28.8 Å². The number of rotatable bonds is 7. The molecule has 0 atom stereocenters. The lowest BCUT2D eigenvalue weighted by molar-refractivity contribution is -0.136. The minimum atomic E-state index is -0.627. The van der Waals surface area contributed by atoms with Crippen LogP contribution in [0.4, 0.5) is 0 Å². The van der Waals surface area contributed by atoms with Gasteiger partial charge >= 0.3 is 5.97 Å². The van der Waals surface area contributed by atoms with Crippen LogP contribution in [0.25, 0.3) is 34.2 Å². The van der Waals surface area contributed by atoms with Crippen molar-refractivity contribution in [1.82, 2.24) is 14.8 Å². The molecule has 0 radical (unpaired) electrons. The lowest BCUT2D eigenvalue weighted by Gasteiger charge is -1.99. The number of H-pyrrole nitrogens is 1. The fourth-order valence-electron chi connectivity index (χ4n) is 3.44. The Morgan fingerprint density at radius 1 is 1.03 bits per heavy atom. The summed E-state index contributed by atoms with van der Waals surface area (Å²) in [6.45, 7) is -0.344. The van der Waals surface area contributed by atoms with Crippen LogP contribution in [0.1, 0.15) is 16.1 Å². The largest absolute Gasteiger partial charge is 0.454 e. The molecule has 7 heteroatoms. The molecular formula is C26H19N3O4. The summed E-state index contributed by atoms with van der Waals surface area (Å²) in [6, 6.07) is 22.6. The van der Waals surface area contributed by atoms with Gasteiger partial charge in [-0.05, 0) is 42.5 Å². The normalized spacial score (nSPS) is 11.3. The van der Waals surface area contributed by atoms with Gasteiger partial charge in [-0.15, -0.1) is 0 Å². The smallest absolute Gasteiger partial charge is 0.331 e. The van der Waals surface area contributed by atoms with E-state index in [-0.39, 0.29) is 12.4 Å². The highest BCUT2D eigenvalue weighted by Crippen LogP contribution is 2.30. The number of Topliss-reactive ketones (excluding diaryl/α,β-unsaturated/α-hetero) is 1. The summed E-state index contributed by atoms with van der Waals surface area (Å²) in [7, 11) is 0.